The summed E-state index contributed by atoms with van der Waals surface area (Å²) < 4.78 is 0. The number of Topliss-reactive ketones (excluding diaryl/α,β-unsaturated/α-hetero) is 1. The highest BCUT2D eigenvalue weighted by Crippen LogP contribution is 2.20. The fraction of sp³-hybridized carbons (Fsp3) is 0.651. The van der Waals surface area contributed by atoms with Gasteiger partial charge in [0.15, 0.2) is 0 Å². The number of carbonyl (C=O) groups is 1. The molecule has 44 heavy (non-hydrogen) atoms. The van der Waals surface area contributed by atoms with E-state index in [0.717, 1.165) is 25.2 Å². The van der Waals surface area contributed by atoms with Gasteiger partial charge in [-0.25, -0.2) is 0 Å². The van der Waals surface area contributed by atoms with E-state index in [4.69, 9.17) is 0 Å². The summed E-state index contributed by atoms with van der Waals surface area (Å²) in [6, 6.07) is 0. The zero-order chi connectivity index (χ0) is 33.2. The number of hydrogen-bond donors (Lipinski definition) is 0. The van der Waals surface area contributed by atoms with Crippen LogP contribution in [0.2, 0.25) is 0 Å². The molecule has 0 fully saturated rings. The molecule has 0 unspecified atom stereocenters. The molecule has 0 rings (SSSR count). The van der Waals surface area contributed by atoms with Gasteiger partial charge in [-0.2, -0.15) is 0 Å². The van der Waals surface area contributed by atoms with Crippen molar-refractivity contribution < 1.29 is 4.79 Å². The molecule has 0 aromatic rings. The molecule has 0 aliphatic carbocycles. The molecule has 0 aliphatic rings. The molecule has 0 bridgehead atoms. The molecular weight excluding hydrogens is 532 g/mol. The number of ketones is 1. The molecule has 0 saturated carbocycles. The quantitative estimate of drug-likeness (QED) is 0.0947. The summed E-state index contributed by atoms with van der Waals surface area (Å²) in [5.41, 5.74) is 10.5. The Kier molecular flexibility index (Phi) is 25.9. The van der Waals surface area contributed by atoms with E-state index in [1.807, 2.05) is 0 Å². The summed E-state index contributed by atoms with van der Waals surface area (Å²) in [5, 5.41) is 0. The second-order valence-corrected chi connectivity index (χ2v) is 14.1. The minimum atomic E-state index is 0.281. The van der Waals surface area contributed by atoms with Crippen molar-refractivity contribution in [1.82, 2.24) is 0 Å². The first kappa shape index (κ1) is 41.9. The van der Waals surface area contributed by atoms with Crippen molar-refractivity contribution in [2.24, 2.45) is 5.92 Å². The Labute approximate surface area is 275 Å². The van der Waals surface area contributed by atoms with Crippen molar-refractivity contribution in [3.8, 4) is 0 Å². The summed E-state index contributed by atoms with van der Waals surface area (Å²) in [6.45, 7) is 22.1. The summed E-state index contributed by atoms with van der Waals surface area (Å²) >= 11 is 0. The third-order valence-corrected chi connectivity index (χ3v) is 8.63. The maximum atomic E-state index is 11.1. The van der Waals surface area contributed by atoms with Crippen molar-refractivity contribution in [3.05, 3.63) is 81.5 Å². The van der Waals surface area contributed by atoms with E-state index < -0.39 is 0 Å². The van der Waals surface area contributed by atoms with Gasteiger partial charge in [0, 0.05) is 6.42 Å². The van der Waals surface area contributed by atoms with Gasteiger partial charge in [0.1, 0.15) is 5.78 Å². The molecule has 0 heterocycles. The Morgan fingerprint density at radius 1 is 0.409 bits per heavy atom. The zero-order valence-corrected chi connectivity index (χ0v) is 31.0. The van der Waals surface area contributed by atoms with Gasteiger partial charge < -0.3 is 4.79 Å². The average Bonchev–Trinajstić information content (AvgIpc) is 2.92. The summed E-state index contributed by atoms with van der Waals surface area (Å²) in [6.07, 6.45) is 36.4. The van der Waals surface area contributed by atoms with Crippen LogP contribution in [0, 0.1) is 5.92 Å². The third-order valence-electron chi connectivity index (χ3n) is 8.63. The van der Waals surface area contributed by atoms with Crippen molar-refractivity contribution in [3.63, 3.8) is 0 Å². The van der Waals surface area contributed by atoms with Crippen LogP contribution in [0.4, 0.5) is 0 Å². The minimum Gasteiger partial charge on any atom is -0.300 e. The van der Waals surface area contributed by atoms with Gasteiger partial charge >= 0.3 is 0 Å². The third kappa shape index (κ3) is 28.6. The highest BCUT2D eigenvalue weighted by molar-refractivity contribution is 5.75. The van der Waals surface area contributed by atoms with E-state index >= 15 is 0 Å². The first-order chi connectivity index (χ1) is 20.9. The van der Waals surface area contributed by atoms with Crippen LogP contribution in [-0.2, 0) is 4.79 Å². The molecule has 0 radical (unpaired) electrons. The van der Waals surface area contributed by atoms with Crippen LogP contribution < -0.4 is 0 Å². The number of carbonyl (C=O) groups excluding carboxylic acids is 1. The van der Waals surface area contributed by atoms with Crippen LogP contribution >= 0.6 is 0 Å². The Morgan fingerprint density at radius 3 is 1.09 bits per heavy atom. The predicted molar refractivity (Wildman–Crippen MR) is 200 cm³/mol. The Hall–Kier alpha value is -2.15. The first-order valence-electron chi connectivity index (χ1n) is 18.0. The van der Waals surface area contributed by atoms with E-state index in [1.54, 1.807) is 12.5 Å². The number of rotatable bonds is 25. The van der Waals surface area contributed by atoms with Crippen molar-refractivity contribution in [2.75, 3.05) is 0 Å². The Balaban J connectivity index is 4.10. The van der Waals surface area contributed by atoms with Gasteiger partial charge in [0.2, 0.25) is 0 Å². The molecule has 0 N–H and O–H groups in total. The molecule has 1 nitrogen and oxygen atoms in total. The second-order valence-electron chi connectivity index (χ2n) is 14.1. The van der Waals surface area contributed by atoms with Crippen LogP contribution in [0.15, 0.2) is 81.5 Å². The van der Waals surface area contributed by atoms with Crippen LogP contribution in [0.3, 0.4) is 0 Å². The molecule has 1 atom stereocenters. The molecule has 1 heteroatoms. The normalized spacial score (nSPS) is 14.7. The molecule has 0 aromatic heterocycles. The van der Waals surface area contributed by atoms with Crippen LogP contribution in [0.1, 0.15) is 178 Å². The van der Waals surface area contributed by atoms with Gasteiger partial charge in [-0.1, -0.05) is 94.9 Å². The molecule has 0 spiro atoms. The van der Waals surface area contributed by atoms with E-state index in [2.05, 4.69) is 105 Å². The molecule has 0 amide bonds. The molecule has 0 aromatic carbocycles. The van der Waals surface area contributed by atoms with E-state index in [9.17, 15) is 4.79 Å². The first-order valence-corrected chi connectivity index (χ1v) is 18.0. The second kappa shape index (κ2) is 27.2. The molecular formula is C43H72O. The summed E-state index contributed by atoms with van der Waals surface area (Å²) in [7, 11) is 0. The van der Waals surface area contributed by atoms with Crippen LogP contribution in [0.5, 0.6) is 0 Å². The van der Waals surface area contributed by atoms with Crippen molar-refractivity contribution in [2.45, 2.75) is 178 Å². The molecule has 250 valence electrons. The zero-order valence-electron chi connectivity index (χ0n) is 31.0. The van der Waals surface area contributed by atoms with Gasteiger partial charge in [-0.3, -0.25) is 0 Å². The average molecular weight is 605 g/mol. The van der Waals surface area contributed by atoms with Gasteiger partial charge in [-0.05, 0) is 165 Å². The van der Waals surface area contributed by atoms with Crippen molar-refractivity contribution >= 4 is 5.78 Å². The van der Waals surface area contributed by atoms with Gasteiger partial charge in [0.25, 0.3) is 0 Å². The topological polar surface area (TPSA) is 17.1 Å². The van der Waals surface area contributed by atoms with E-state index in [1.165, 1.54) is 117 Å². The molecule has 0 aliphatic heterocycles. The van der Waals surface area contributed by atoms with Gasteiger partial charge in [0.05, 0.1) is 0 Å². The SMILES string of the molecule is CC(=O)CC/C=C(\C)CC/C=C(\C)CCC[C@@H](C)CC/C=C(\C)CC/C=C(\C)CC/C=C(\C)CC/C=C(\C)CCC=C(C)C. The lowest BCUT2D eigenvalue weighted by molar-refractivity contribution is -0.116. The lowest BCUT2D eigenvalue weighted by Gasteiger charge is -2.10. The Morgan fingerprint density at radius 2 is 0.727 bits per heavy atom. The fourth-order valence-electron chi connectivity index (χ4n) is 5.40. The number of allylic oxidation sites excluding steroid dienone is 14. The van der Waals surface area contributed by atoms with Crippen LogP contribution in [0.25, 0.3) is 0 Å². The summed E-state index contributed by atoms with van der Waals surface area (Å²) in [4.78, 5) is 11.1. The lowest BCUT2D eigenvalue weighted by atomic mass is 9.96. The fourth-order valence-corrected chi connectivity index (χ4v) is 5.40. The maximum absolute atomic E-state index is 11.1. The predicted octanol–water partition coefficient (Wildman–Crippen LogP) is 14.5. The van der Waals surface area contributed by atoms with Gasteiger partial charge in [-0.15, -0.1) is 0 Å². The molecule has 0 saturated heterocycles. The highest BCUT2D eigenvalue weighted by atomic mass is 16.1. The lowest BCUT2D eigenvalue weighted by Crippen LogP contribution is -1.94. The summed E-state index contributed by atoms with van der Waals surface area (Å²) in [5.74, 6) is 1.08. The van der Waals surface area contributed by atoms with Crippen molar-refractivity contribution in [1.29, 1.82) is 0 Å². The monoisotopic (exact) mass is 605 g/mol. The Bertz CT molecular complexity index is 1000. The standard InChI is InChI=1S/C43H72O/c1-35(2)19-11-20-36(3)21-12-22-37(4)23-13-24-38(5)25-14-26-39(6)27-15-28-40(7)29-16-30-41(8)31-17-32-42(9)33-18-34-43(10)44/h19,21,23,25,27,31,33,40H,11-18,20,22,24,26,28-30,32,34H2,1-10H3/b36-21+,37-23+,38-25+,39-27+,41-31+,42-33+/t40-/m0/s1. The minimum absolute atomic E-state index is 0.281. The smallest absolute Gasteiger partial charge is 0.130 e. The number of hydrogen-bond acceptors (Lipinski definition) is 1. The van der Waals surface area contributed by atoms with E-state index in [0.29, 0.717) is 6.42 Å². The largest absolute Gasteiger partial charge is 0.300 e. The van der Waals surface area contributed by atoms with Crippen LogP contribution in [-0.4, -0.2) is 5.78 Å². The maximum Gasteiger partial charge on any atom is 0.130 e. The highest BCUT2D eigenvalue weighted by Gasteiger charge is 2.02. The van der Waals surface area contributed by atoms with E-state index in [-0.39, 0.29) is 5.78 Å².